The number of nitrogens with zero attached hydrogens (tertiary/aromatic N) is 7. The van der Waals surface area contributed by atoms with Crippen molar-refractivity contribution in [2.75, 3.05) is 13.1 Å². The van der Waals surface area contributed by atoms with Crippen molar-refractivity contribution in [3.8, 4) is 11.8 Å². The van der Waals surface area contributed by atoms with Gasteiger partial charge in [0.2, 0.25) is 0 Å². The predicted molar refractivity (Wildman–Crippen MR) is 146 cm³/mol. The topological polar surface area (TPSA) is 84.2 Å². The fourth-order valence-electron chi connectivity index (χ4n) is 6.19. The number of halogens is 3. The molecular weight excluding hydrogens is 531 g/mol. The average molecular weight is 564 g/mol. The summed E-state index contributed by atoms with van der Waals surface area (Å²) in [6.07, 6.45) is 4.06. The average Bonchev–Trinajstić information content (AvgIpc) is 3.47. The Hall–Kier alpha value is -3.91. The Morgan fingerprint density at radius 2 is 2.02 bits per heavy atom. The van der Waals surface area contributed by atoms with Crippen LogP contribution in [0.5, 0.6) is 0 Å². The molecule has 1 aromatic carbocycles. The van der Waals surface area contributed by atoms with Crippen LogP contribution < -0.4 is 5.69 Å². The molecule has 2 fully saturated rings. The van der Waals surface area contributed by atoms with Gasteiger partial charge >= 0.3 is 11.9 Å². The Bertz CT molecular complexity index is 1690. The number of imidazole rings is 1. The van der Waals surface area contributed by atoms with E-state index in [4.69, 9.17) is 0 Å². The van der Waals surface area contributed by atoms with Crippen LogP contribution in [0.4, 0.5) is 13.2 Å². The number of hydrogen-bond acceptors (Lipinski definition) is 5. The molecule has 2 atom stereocenters. The van der Waals surface area contributed by atoms with Crippen molar-refractivity contribution in [3.05, 3.63) is 82.1 Å². The Kier molecular flexibility index (Phi) is 6.77. The lowest BCUT2D eigenvalue weighted by Crippen LogP contribution is -2.34. The second-order valence-corrected chi connectivity index (χ2v) is 11.8. The highest BCUT2D eigenvalue weighted by Gasteiger charge is 2.46. The lowest BCUT2D eigenvalue weighted by molar-refractivity contribution is -0.136. The fraction of sp³-hybridized carbons (Fsp3) is 0.467. The summed E-state index contributed by atoms with van der Waals surface area (Å²) in [5, 5.41) is 18.1. The van der Waals surface area contributed by atoms with Crippen LogP contribution in [0.25, 0.3) is 11.2 Å². The van der Waals surface area contributed by atoms with E-state index in [0.29, 0.717) is 36.0 Å². The molecule has 0 N–H and O–H groups in total. The molecule has 6 rings (SSSR count). The van der Waals surface area contributed by atoms with Crippen LogP contribution in [0.2, 0.25) is 0 Å². The number of likely N-dealkylation sites (tertiary alicyclic amines) is 1. The minimum atomic E-state index is -4.62. The van der Waals surface area contributed by atoms with Gasteiger partial charge < -0.3 is 4.57 Å². The van der Waals surface area contributed by atoms with Crippen molar-refractivity contribution in [2.45, 2.75) is 57.7 Å². The largest absolute Gasteiger partial charge is 0.418 e. The second-order valence-electron chi connectivity index (χ2n) is 11.8. The van der Waals surface area contributed by atoms with E-state index >= 15 is 0 Å². The number of aromatic nitrogens is 5. The molecule has 1 aliphatic carbocycles. The van der Waals surface area contributed by atoms with Gasteiger partial charge in [0.15, 0.2) is 0 Å². The molecule has 8 nitrogen and oxygen atoms in total. The first-order valence-corrected chi connectivity index (χ1v) is 14.0. The number of benzene rings is 1. The molecule has 0 amide bonds. The molecule has 0 spiro atoms. The van der Waals surface area contributed by atoms with E-state index in [2.05, 4.69) is 28.1 Å². The quantitative estimate of drug-likeness (QED) is 0.305. The smallest absolute Gasteiger partial charge is 0.320 e. The van der Waals surface area contributed by atoms with Gasteiger partial charge in [-0.05, 0) is 73.9 Å². The molecule has 1 aliphatic heterocycles. The van der Waals surface area contributed by atoms with Gasteiger partial charge in [-0.2, -0.15) is 18.4 Å². The summed E-state index contributed by atoms with van der Waals surface area (Å²) in [7, 11) is 1.84. The van der Waals surface area contributed by atoms with Crippen LogP contribution in [0, 0.1) is 22.7 Å². The summed E-state index contributed by atoms with van der Waals surface area (Å²) in [4.78, 5) is 15.8. The van der Waals surface area contributed by atoms with Gasteiger partial charge in [-0.25, -0.2) is 4.79 Å². The second kappa shape index (κ2) is 10.2. The van der Waals surface area contributed by atoms with E-state index in [1.165, 1.54) is 16.8 Å². The maximum atomic E-state index is 14.3. The lowest BCUT2D eigenvalue weighted by Gasteiger charge is -2.31. The minimum Gasteiger partial charge on any atom is -0.320 e. The van der Waals surface area contributed by atoms with Crippen LogP contribution >= 0.6 is 0 Å². The minimum absolute atomic E-state index is 0.185. The zero-order chi connectivity index (χ0) is 28.9. The first-order chi connectivity index (χ1) is 19.6. The van der Waals surface area contributed by atoms with E-state index in [1.807, 2.05) is 17.7 Å². The number of piperidine rings is 1. The molecule has 0 unspecified atom stereocenters. The fourth-order valence-corrected chi connectivity index (χ4v) is 6.19. The molecule has 0 bridgehead atoms. The van der Waals surface area contributed by atoms with E-state index in [-0.39, 0.29) is 11.4 Å². The van der Waals surface area contributed by atoms with E-state index in [9.17, 15) is 23.2 Å². The lowest BCUT2D eigenvalue weighted by atomic mass is 9.86. The predicted octanol–water partition coefficient (Wildman–Crippen LogP) is 5.30. The molecule has 2 aliphatic rings. The molecule has 1 saturated heterocycles. The van der Waals surface area contributed by atoms with Gasteiger partial charge in [-0.3, -0.25) is 13.9 Å². The van der Waals surface area contributed by atoms with E-state index < -0.39 is 22.8 Å². The normalized spacial score (nSPS) is 19.8. The molecule has 1 saturated carbocycles. The summed E-state index contributed by atoms with van der Waals surface area (Å²) in [5.41, 5.74) is -0.284. The first-order valence-electron chi connectivity index (χ1n) is 14.0. The number of hydrogen-bond donors (Lipinski definition) is 0. The number of alkyl halides is 3. The Morgan fingerprint density at radius 1 is 1.22 bits per heavy atom. The van der Waals surface area contributed by atoms with Crippen molar-refractivity contribution < 1.29 is 13.2 Å². The van der Waals surface area contributed by atoms with Crippen LogP contribution in [0.3, 0.4) is 0 Å². The zero-order valence-electron chi connectivity index (χ0n) is 23.1. The summed E-state index contributed by atoms with van der Waals surface area (Å²) in [5.74, 6) is 0.912. The van der Waals surface area contributed by atoms with Crippen molar-refractivity contribution in [3.63, 3.8) is 0 Å². The number of pyridine rings is 1. The highest BCUT2D eigenvalue weighted by Crippen LogP contribution is 2.52. The highest BCUT2D eigenvalue weighted by atomic mass is 19.4. The molecule has 41 heavy (non-hydrogen) atoms. The molecule has 214 valence electrons. The van der Waals surface area contributed by atoms with Gasteiger partial charge in [0.05, 0.1) is 28.3 Å². The van der Waals surface area contributed by atoms with Crippen LogP contribution in [-0.2, 0) is 19.8 Å². The monoisotopic (exact) mass is 563 g/mol. The summed E-state index contributed by atoms with van der Waals surface area (Å²) < 4.78 is 47.0. The molecule has 4 aromatic rings. The van der Waals surface area contributed by atoms with Gasteiger partial charge in [0.25, 0.3) is 0 Å². The van der Waals surface area contributed by atoms with Crippen LogP contribution in [0.1, 0.15) is 67.5 Å². The third kappa shape index (κ3) is 5.28. The first kappa shape index (κ1) is 27.3. The third-order valence-electron chi connectivity index (χ3n) is 8.57. The summed E-state index contributed by atoms with van der Waals surface area (Å²) in [6.45, 7) is 4.15. The van der Waals surface area contributed by atoms with Gasteiger partial charge in [0.1, 0.15) is 12.2 Å². The molecule has 11 heteroatoms. The number of fused-ring (bicyclic) bond motifs is 1. The van der Waals surface area contributed by atoms with Crippen molar-refractivity contribution in [1.29, 1.82) is 5.26 Å². The van der Waals surface area contributed by atoms with Gasteiger partial charge in [0, 0.05) is 38.4 Å². The molecular formula is C30H32F3N7O. The Morgan fingerprint density at radius 3 is 2.68 bits per heavy atom. The third-order valence-corrected chi connectivity index (χ3v) is 8.57. The highest BCUT2D eigenvalue weighted by molar-refractivity contribution is 5.58. The van der Waals surface area contributed by atoms with Gasteiger partial charge in [-0.1, -0.05) is 19.1 Å². The molecule has 0 radical (unpaired) electrons. The van der Waals surface area contributed by atoms with Crippen molar-refractivity contribution in [2.24, 2.45) is 18.4 Å². The summed E-state index contributed by atoms with van der Waals surface area (Å²) in [6, 6.07) is 10.8. The van der Waals surface area contributed by atoms with E-state index in [1.54, 1.807) is 30.7 Å². The molecule has 3 aromatic heterocycles. The number of aryl methyl sites for hydroxylation is 1. The van der Waals surface area contributed by atoms with Crippen molar-refractivity contribution in [1.82, 2.24) is 28.6 Å². The van der Waals surface area contributed by atoms with Crippen LogP contribution in [-0.4, -0.2) is 41.7 Å². The van der Waals surface area contributed by atoms with E-state index in [0.717, 1.165) is 48.7 Å². The number of rotatable bonds is 7. The Labute approximate surface area is 235 Å². The Balaban J connectivity index is 1.42. The number of nitriles is 1. The summed E-state index contributed by atoms with van der Waals surface area (Å²) >= 11 is 0. The maximum Gasteiger partial charge on any atom is 0.418 e. The molecule has 4 heterocycles. The van der Waals surface area contributed by atoms with Crippen molar-refractivity contribution >= 4 is 5.52 Å². The van der Waals surface area contributed by atoms with Crippen LogP contribution in [0.15, 0.2) is 53.8 Å². The SMILES string of the molecule is C[C@H]1CCCN(Cc2cc(C(F)(F)F)c3cn(-c4cccc([C@H](CC5(C#N)CC5)c5nncn5C)c4)c(=O)n3c2)C1. The van der Waals surface area contributed by atoms with Gasteiger partial charge in [-0.15, -0.1) is 10.2 Å². The maximum absolute atomic E-state index is 14.3. The zero-order valence-corrected chi connectivity index (χ0v) is 23.1. The standard InChI is InChI=1S/C30H32F3N7O/c1-20-5-4-10-38(14-20)15-21-11-25(30(31,32)33)26-17-39(28(41)40(26)16-21)23-7-3-6-22(12-23)24(13-29(18-34)8-9-29)27-36-35-19-37(27)2/h3,6-7,11-12,16-17,19-20,24H,4-5,8-10,13-15H2,1-2H3/t20-,24-/m0/s1.